The van der Waals surface area contributed by atoms with Crippen LogP contribution in [-0.4, -0.2) is 17.0 Å². The van der Waals surface area contributed by atoms with Gasteiger partial charge in [-0.15, -0.1) is 0 Å². The van der Waals surface area contributed by atoms with E-state index in [-0.39, 0.29) is 5.92 Å². The van der Waals surface area contributed by atoms with Gasteiger partial charge in [-0.3, -0.25) is 4.79 Å². The van der Waals surface area contributed by atoms with Gasteiger partial charge in [0.05, 0.1) is 5.92 Å². The van der Waals surface area contributed by atoms with Crippen LogP contribution in [0.2, 0.25) is 0 Å². The first-order valence-corrected chi connectivity index (χ1v) is 3.40. The van der Waals surface area contributed by atoms with Gasteiger partial charge in [0.1, 0.15) is 6.26 Å². The molecular weight excluding hydrogens is 167 g/mol. The highest BCUT2D eigenvalue weighted by atomic mass is 19.1. The van der Waals surface area contributed by atoms with Crippen LogP contribution in [0.1, 0.15) is 12.8 Å². The Kier molecular flexibility index (Phi) is 2.42. The second kappa shape index (κ2) is 3.34. The van der Waals surface area contributed by atoms with Gasteiger partial charge in [-0.05, 0) is 12.8 Å². The molecule has 0 bridgehead atoms. The Morgan fingerprint density at radius 3 is 2.50 bits per heavy atom. The fourth-order valence-corrected chi connectivity index (χ4v) is 0.575. The summed E-state index contributed by atoms with van der Waals surface area (Å²) >= 11 is 0. The van der Waals surface area contributed by atoms with Crippen LogP contribution in [0.4, 0.5) is 4.39 Å². The molecule has 0 saturated heterocycles. The lowest BCUT2D eigenvalue weighted by Crippen LogP contribution is -2.03. The molecule has 0 spiro atoms. The second-order valence-electron chi connectivity index (χ2n) is 2.48. The standard InChI is InChI=1S/C7H7FO4/c8-5(6(9)10)3-12-7(11)4-1-2-4/h3-4H,1-2H2,(H,9,10). The molecule has 1 rings (SSSR count). The molecule has 0 aliphatic heterocycles. The number of ether oxygens (including phenoxy) is 1. The summed E-state index contributed by atoms with van der Waals surface area (Å²) in [6.45, 7) is 0. The van der Waals surface area contributed by atoms with E-state index in [2.05, 4.69) is 4.74 Å². The van der Waals surface area contributed by atoms with Crippen LogP contribution in [0.25, 0.3) is 0 Å². The Morgan fingerprint density at radius 2 is 2.08 bits per heavy atom. The van der Waals surface area contributed by atoms with E-state index in [1.807, 2.05) is 0 Å². The predicted molar refractivity (Wildman–Crippen MR) is 35.6 cm³/mol. The molecule has 1 aliphatic rings. The molecule has 0 unspecified atom stereocenters. The monoisotopic (exact) mass is 174 g/mol. The van der Waals surface area contributed by atoms with Crippen molar-refractivity contribution in [1.82, 2.24) is 0 Å². The molecule has 1 saturated carbocycles. The summed E-state index contributed by atoms with van der Waals surface area (Å²) in [5.74, 6) is -3.93. The molecule has 1 aliphatic carbocycles. The summed E-state index contributed by atoms with van der Waals surface area (Å²) in [6, 6.07) is 0. The first-order valence-electron chi connectivity index (χ1n) is 3.40. The maximum Gasteiger partial charge on any atom is 0.368 e. The first-order chi connectivity index (χ1) is 5.61. The SMILES string of the molecule is O=C(O)C(F)=COC(=O)C1CC1. The minimum Gasteiger partial charge on any atom is -0.476 e. The van der Waals surface area contributed by atoms with Gasteiger partial charge in [0, 0.05) is 0 Å². The van der Waals surface area contributed by atoms with E-state index >= 15 is 0 Å². The number of hydrogen-bond acceptors (Lipinski definition) is 3. The van der Waals surface area contributed by atoms with Gasteiger partial charge in [0.25, 0.3) is 0 Å². The zero-order valence-electron chi connectivity index (χ0n) is 6.12. The maximum absolute atomic E-state index is 12.2. The maximum atomic E-state index is 12.2. The van der Waals surface area contributed by atoms with E-state index in [9.17, 15) is 14.0 Å². The number of carbonyl (C=O) groups is 2. The third kappa shape index (κ3) is 2.34. The van der Waals surface area contributed by atoms with Crippen LogP contribution < -0.4 is 0 Å². The summed E-state index contributed by atoms with van der Waals surface area (Å²) in [7, 11) is 0. The highest BCUT2D eigenvalue weighted by molar-refractivity contribution is 5.84. The number of hydrogen-bond donors (Lipinski definition) is 1. The van der Waals surface area contributed by atoms with Crippen molar-refractivity contribution < 1.29 is 23.8 Å². The van der Waals surface area contributed by atoms with Gasteiger partial charge in [-0.1, -0.05) is 0 Å². The highest BCUT2D eigenvalue weighted by Gasteiger charge is 2.31. The Morgan fingerprint density at radius 1 is 1.50 bits per heavy atom. The van der Waals surface area contributed by atoms with Gasteiger partial charge in [0.15, 0.2) is 0 Å². The fraction of sp³-hybridized carbons (Fsp3) is 0.429. The van der Waals surface area contributed by atoms with Crippen molar-refractivity contribution >= 4 is 11.9 Å². The molecule has 1 fully saturated rings. The average molecular weight is 174 g/mol. The summed E-state index contributed by atoms with van der Waals surface area (Å²) in [4.78, 5) is 20.6. The van der Waals surface area contributed by atoms with Crippen molar-refractivity contribution in [1.29, 1.82) is 0 Å². The lowest BCUT2D eigenvalue weighted by molar-refractivity contribution is -0.140. The number of rotatable bonds is 3. The van der Waals surface area contributed by atoms with Crippen molar-refractivity contribution in [3.05, 3.63) is 12.1 Å². The molecule has 0 amide bonds. The molecule has 0 atom stereocenters. The number of carboxylic acid groups (broad SMARTS) is 1. The molecule has 0 aromatic carbocycles. The van der Waals surface area contributed by atoms with E-state index in [0.717, 1.165) is 12.8 Å². The smallest absolute Gasteiger partial charge is 0.368 e. The summed E-state index contributed by atoms with van der Waals surface area (Å²) in [5.41, 5.74) is 0. The molecule has 0 heterocycles. The molecule has 0 aromatic heterocycles. The lowest BCUT2D eigenvalue weighted by atomic mass is 10.4. The molecule has 0 aromatic rings. The number of halogens is 1. The van der Waals surface area contributed by atoms with Crippen molar-refractivity contribution in [2.45, 2.75) is 12.8 Å². The van der Waals surface area contributed by atoms with E-state index < -0.39 is 17.8 Å². The minimum absolute atomic E-state index is 0.164. The Balaban J connectivity index is 2.36. The minimum atomic E-state index is -1.74. The van der Waals surface area contributed by atoms with Crippen LogP contribution in [-0.2, 0) is 14.3 Å². The summed E-state index contributed by atoms with van der Waals surface area (Å²) < 4.78 is 16.4. The molecule has 5 heteroatoms. The predicted octanol–water partition coefficient (Wildman–Crippen LogP) is 0.835. The van der Waals surface area contributed by atoms with Gasteiger partial charge < -0.3 is 9.84 Å². The number of carbonyl (C=O) groups excluding carboxylic acids is 1. The first kappa shape index (κ1) is 8.70. The van der Waals surface area contributed by atoms with Crippen LogP contribution >= 0.6 is 0 Å². The van der Waals surface area contributed by atoms with E-state index in [1.54, 1.807) is 0 Å². The molecule has 66 valence electrons. The molecule has 0 radical (unpaired) electrons. The highest BCUT2D eigenvalue weighted by Crippen LogP contribution is 2.30. The molecule has 12 heavy (non-hydrogen) atoms. The van der Waals surface area contributed by atoms with Crippen molar-refractivity contribution in [2.75, 3.05) is 0 Å². The van der Waals surface area contributed by atoms with E-state index in [1.165, 1.54) is 0 Å². The topological polar surface area (TPSA) is 63.6 Å². The third-order valence-corrected chi connectivity index (χ3v) is 1.39. The normalized spacial score (nSPS) is 17.2. The Bertz CT molecular complexity index is 242. The molecule has 1 N–H and O–H groups in total. The van der Waals surface area contributed by atoms with Crippen LogP contribution in [0, 0.1) is 5.92 Å². The zero-order valence-corrected chi connectivity index (χ0v) is 6.12. The van der Waals surface area contributed by atoms with E-state index in [4.69, 9.17) is 5.11 Å². The van der Waals surface area contributed by atoms with Gasteiger partial charge in [-0.25, -0.2) is 4.79 Å². The third-order valence-electron chi connectivity index (χ3n) is 1.39. The van der Waals surface area contributed by atoms with Gasteiger partial charge in [-0.2, -0.15) is 4.39 Å². The lowest BCUT2D eigenvalue weighted by Gasteiger charge is -1.94. The van der Waals surface area contributed by atoms with Crippen LogP contribution in [0.3, 0.4) is 0 Å². The number of esters is 1. The van der Waals surface area contributed by atoms with Crippen molar-refractivity contribution in [3.8, 4) is 0 Å². The molecule has 4 nitrogen and oxygen atoms in total. The molecular formula is C7H7FO4. The average Bonchev–Trinajstić information content (AvgIpc) is 2.81. The van der Waals surface area contributed by atoms with Crippen LogP contribution in [0.15, 0.2) is 12.1 Å². The number of aliphatic carboxylic acids is 1. The van der Waals surface area contributed by atoms with Crippen molar-refractivity contribution in [3.63, 3.8) is 0 Å². The van der Waals surface area contributed by atoms with Gasteiger partial charge in [0.2, 0.25) is 5.83 Å². The summed E-state index contributed by atoms with van der Waals surface area (Å²) in [6.07, 6.45) is 1.80. The second-order valence-corrected chi connectivity index (χ2v) is 2.48. The largest absolute Gasteiger partial charge is 0.476 e. The zero-order chi connectivity index (χ0) is 9.14. The van der Waals surface area contributed by atoms with Crippen LogP contribution in [0.5, 0.6) is 0 Å². The van der Waals surface area contributed by atoms with Crippen molar-refractivity contribution in [2.24, 2.45) is 5.92 Å². The number of carboxylic acids is 1. The quantitative estimate of drug-likeness (QED) is 0.391. The Hall–Kier alpha value is -1.39. The Labute approximate surface area is 67.6 Å². The fourth-order valence-electron chi connectivity index (χ4n) is 0.575. The summed E-state index contributed by atoms with van der Waals surface area (Å²) in [5, 5.41) is 8.01. The van der Waals surface area contributed by atoms with Gasteiger partial charge >= 0.3 is 11.9 Å². The van der Waals surface area contributed by atoms with E-state index in [0.29, 0.717) is 6.26 Å².